The summed E-state index contributed by atoms with van der Waals surface area (Å²) in [5.41, 5.74) is 0.564. The lowest BCUT2D eigenvalue weighted by Gasteiger charge is -2.37. The maximum Gasteiger partial charge on any atom is 0.407 e. The Bertz CT molecular complexity index is 821. The van der Waals surface area contributed by atoms with Gasteiger partial charge in [-0.25, -0.2) is 4.79 Å². The number of carbonyl (C=O) groups excluding carboxylic acids is 2. The Morgan fingerprint density at radius 3 is 2.42 bits per heavy atom. The van der Waals surface area contributed by atoms with Crippen LogP contribution in [-0.2, 0) is 16.0 Å². The van der Waals surface area contributed by atoms with Crippen LogP contribution >= 0.6 is 0 Å². The van der Waals surface area contributed by atoms with Crippen molar-refractivity contribution in [2.75, 3.05) is 5.32 Å². The van der Waals surface area contributed by atoms with Crippen LogP contribution in [0, 0.1) is 16.0 Å². The van der Waals surface area contributed by atoms with E-state index in [1.54, 1.807) is 12.1 Å². The lowest BCUT2D eigenvalue weighted by Crippen LogP contribution is -2.50. The summed E-state index contributed by atoms with van der Waals surface area (Å²) in [6, 6.07) is 5.02. The minimum Gasteiger partial charge on any atom is -0.444 e. The Morgan fingerprint density at radius 1 is 1.13 bits per heavy atom. The molecule has 1 amide bonds. The first-order chi connectivity index (χ1) is 14.6. The third kappa shape index (κ3) is 6.67. The van der Waals surface area contributed by atoms with E-state index in [9.17, 15) is 19.7 Å². The molecule has 0 heterocycles. The number of hydrogen-bond donors (Lipinski definition) is 2. The number of nitro groups is 1. The Hall–Kier alpha value is -2.64. The Kier molecular flexibility index (Phi) is 7.18. The van der Waals surface area contributed by atoms with E-state index in [1.165, 1.54) is 12.5 Å². The maximum absolute atomic E-state index is 12.5. The molecule has 0 saturated heterocycles. The maximum atomic E-state index is 12.5. The number of rotatable bonds is 7. The molecule has 2 fully saturated rings. The van der Waals surface area contributed by atoms with Crippen molar-refractivity contribution in [3.8, 4) is 0 Å². The Labute approximate surface area is 183 Å². The van der Waals surface area contributed by atoms with Gasteiger partial charge in [0, 0.05) is 30.5 Å². The molecule has 2 aliphatic rings. The van der Waals surface area contributed by atoms with Crippen LogP contribution in [0.2, 0.25) is 0 Å². The number of ether oxygens (including phenoxy) is 1. The van der Waals surface area contributed by atoms with E-state index in [0.717, 1.165) is 25.7 Å². The molecule has 8 heteroatoms. The lowest BCUT2D eigenvalue weighted by molar-refractivity contribution is -0.384. The van der Waals surface area contributed by atoms with Gasteiger partial charge in [-0.1, -0.05) is 25.3 Å². The highest BCUT2D eigenvalue weighted by atomic mass is 16.6. The van der Waals surface area contributed by atoms with Gasteiger partial charge in [-0.15, -0.1) is 0 Å². The first-order valence-corrected chi connectivity index (χ1v) is 11.2. The van der Waals surface area contributed by atoms with Crippen molar-refractivity contribution < 1.29 is 19.2 Å². The molecule has 0 spiro atoms. The number of hydrogen-bond acceptors (Lipinski definition) is 6. The second-order valence-corrected chi connectivity index (χ2v) is 9.74. The molecule has 0 aliphatic heterocycles. The summed E-state index contributed by atoms with van der Waals surface area (Å²) in [5, 5.41) is 17.6. The number of amides is 1. The Morgan fingerprint density at radius 2 is 1.81 bits per heavy atom. The van der Waals surface area contributed by atoms with Gasteiger partial charge in [0.05, 0.1) is 4.92 Å². The molecule has 170 valence electrons. The monoisotopic (exact) mass is 431 g/mol. The van der Waals surface area contributed by atoms with Crippen molar-refractivity contribution in [1.82, 2.24) is 5.32 Å². The molecule has 31 heavy (non-hydrogen) atoms. The second-order valence-electron chi connectivity index (χ2n) is 9.74. The molecular weight excluding hydrogens is 398 g/mol. The third-order valence-corrected chi connectivity index (χ3v) is 5.92. The number of ketones is 1. The molecule has 1 aromatic carbocycles. The SMILES string of the molecule is CC(C)(C)OC(=O)NC1CC(Nc2ccc(CC(=O)C3CCCCC3)cc2[N+](=O)[O-])C1. The number of nitro benzene ring substituents is 1. The van der Waals surface area contributed by atoms with Gasteiger partial charge in [-0.05, 0) is 58.1 Å². The first kappa shape index (κ1) is 23.0. The smallest absolute Gasteiger partial charge is 0.407 e. The molecule has 2 aliphatic carbocycles. The molecule has 1 aromatic rings. The number of nitrogens with one attached hydrogen (secondary N) is 2. The number of benzene rings is 1. The average molecular weight is 432 g/mol. The highest BCUT2D eigenvalue weighted by Crippen LogP contribution is 2.32. The minimum absolute atomic E-state index is 0.0150. The van der Waals surface area contributed by atoms with Gasteiger partial charge in [-0.3, -0.25) is 14.9 Å². The summed E-state index contributed by atoms with van der Waals surface area (Å²) in [4.78, 5) is 35.6. The van der Waals surface area contributed by atoms with Gasteiger partial charge in [0.1, 0.15) is 17.1 Å². The summed E-state index contributed by atoms with van der Waals surface area (Å²) in [6.45, 7) is 5.43. The van der Waals surface area contributed by atoms with Crippen molar-refractivity contribution in [2.24, 2.45) is 5.92 Å². The zero-order valence-electron chi connectivity index (χ0n) is 18.6. The molecule has 0 radical (unpaired) electrons. The molecule has 0 aromatic heterocycles. The summed E-state index contributed by atoms with van der Waals surface area (Å²) in [6.07, 6.45) is 6.35. The van der Waals surface area contributed by atoms with Crippen molar-refractivity contribution in [3.63, 3.8) is 0 Å². The minimum atomic E-state index is -0.549. The molecule has 0 bridgehead atoms. The van der Waals surface area contributed by atoms with Gasteiger partial charge in [0.25, 0.3) is 5.69 Å². The van der Waals surface area contributed by atoms with E-state index in [1.807, 2.05) is 20.8 Å². The summed E-state index contributed by atoms with van der Waals surface area (Å²) in [5.74, 6) is 0.278. The fraction of sp³-hybridized carbons (Fsp3) is 0.652. The summed E-state index contributed by atoms with van der Waals surface area (Å²) < 4.78 is 5.25. The second kappa shape index (κ2) is 9.66. The fourth-order valence-corrected chi connectivity index (χ4v) is 4.28. The quantitative estimate of drug-likeness (QED) is 0.476. The van der Waals surface area contributed by atoms with Gasteiger partial charge in [0.15, 0.2) is 0 Å². The molecule has 0 atom stereocenters. The molecule has 0 unspecified atom stereocenters. The fourth-order valence-electron chi connectivity index (χ4n) is 4.28. The molecule has 2 saturated carbocycles. The van der Waals surface area contributed by atoms with E-state index in [2.05, 4.69) is 10.6 Å². The standard InChI is InChI=1S/C23H33N3O5/c1-23(2,3)31-22(28)25-18-13-17(14-18)24-19-10-9-15(11-20(19)26(29)30)12-21(27)16-7-5-4-6-8-16/h9-11,16-18,24H,4-8,12-14H2,1-3H3,(H,25,28). The number of Topliss-reactive ketones (excluding diaryl/α,β-unsaturated/α-hetero) is 1. The van der Waals surface area contributed by atoms with Crippen molar-refractivity contribution in [2.45, 2.75) is 89.8 Å². The zero-order chi connectivity index (χ0) is 22.6. The van der Waals surface area contributed by atoms with Crippen LogP contribution in [0.15, 0.2) is 18.2 Å². The van der Waals surface area contributed by atoms with Crippen LogP contribution in [0.3, 0.4) is 0 Å². The predicted octanol–water partition coefficient (Wildman–Crippen LogP) is 4.75. The van der Waals surface area contributed by atoms with Gasteiger partial charge in [0.2, 0.25) is 0 Å². The highest BCUT2D eigenvalue weighted by Gasteiger charge is 2.33. The summed E-state index contributed by atoms with van der Waals surface area (Å²) >= 11 is 0. The van der Waals surface area contributed by atoms with Crippen LogP contribution < -0.4 is 10.6 Å². The number of anilines is 1. The molecule has 8 nitrogen and oxygen atoms in total. The van der Waals surface area contributed by atoms with E-state index in [0.29, 0.717) is 24.1 Å². The van der Waals surface area contributed by atoms with Crippen molar-refractivity contribution in [1.29, 1.82) is 0 Å². The largest absolute Gasteiger partial charge is 0.444 e. The third-order valence-electron chi connectivity index (χ3n) is 5.92. The highest BCUT2D eigenvalue weighted by molar-refractivity contribution is 5.84. The number of nitrogens with zero attached hydrogens (tertiary/aromatic N) is 1. The van der Waals surface area contributed by atoms with Crippen LogP contribution in [0.25, 0.3) is 0 Å². The normalized spacial score (nSPS) is 21.6. The van der Waals surface area contributed by atoms with Crippen molar-refractivity contribution in [3.05, 3.63) is 33.9 Å². The molecule has 3 rings (SSSR count). The van der Waals surface area contributed by atoms with Crippen LogP contribution in [-0.4, -0.2) is 34.5 Å². The average Bonchev–Trinajstić information content (AvgIpc) is 2.66. The van der Waals surface area contributed by atoms with Gasteiger partial charge >= 0.3 is 6.09 Å². The van der Waals surface area contributed by atoms with E-state index in [4.69, 9.17) is 4.74 Å². The van der Waals surface area contributed by atoms with Gasteiger partial charge in [-0.2, -0.15) is 0 Å². The topological polar surface area (TPSA) is 111 Å². The predicted molar refractivity (Wildman–Crippen MR) is 118 cm³/mol. The lowest BCUT2D eigenvalue weighted by atomic mass is 9.84. The zero-order valence-corrected chi connectivity index (χ0v) is 18.6. The van der Waals surface area contributed by atoms with Crippen molar-refractivity contribution >= 4 is 23.3 Å². The van der Waals surface area contributed by atoms with Crippen LogP contribution in [0.4, 0.5) is 16.2 Å². The number of alkyl carbamates (subject to hydrolysis) is 1. The Balaban J connectivity index is 1.54. The van der Waals surface area contributed by atoms with Crippen LogP contribution in [0.1, 0.15) is 71.3 Å². The van der Waals surface area contributed by atoms with E-state index in [-0.39, 0.29) is 35.9 Å². The number of carbonyl (C=O) groups is 2. The summed E-state index contributed by atoms with van der Waals surface area (Å²) in [7, 11) is 0. The molecule has 2 N–H and O–H groups in total. The van der Waals surface area contributed by atoms with Gasteiger partial charge < -0.3 is 15.4 Å². The van der Waals surface area contributed by atoms with E-state index >= 15 is 0 Å². The molecular formula is C23H33N3O5. The van der Waals surface area contributed by atoms with Crippen LogP contribution in [0.5, 0.6) is 0 Å². The first-order valence-electron chi connectivity index (χ1n) is 11.2. The van der Waals surface area contributed by atoms with E-state index < -0.39 is 16.6 Å².